The van der Waals surface area contributed by atoms with Crippen LogP contribution in [-0.2, 0) is 0 Å². The van der Waals surface area contributed by atoms with Crippen molar-refractivity contribution in [1.29, 1.82) is 0 Å². The van der Waals surface area contributed by atoms with Gasteiger partial charge in [0.15, 0.2) is 0 Å². The first-order chi connectivity index (χ1) is 20.8. The Morgan fingerprint density at radius 2 is 1.21 bits per heavy atom. The summed E-state index contributed by atoms with van der Waals surface area (Å²) >= 11 is 0. The number of nitrogens with zero attached hydrogens (tertiary/aromatic N) is 2. The maximum atomic E-state index is 6.57. The lowest BCUT2D eigenvalue weighted by atomic mass is 9.90. The van der Waals surface area contributed by atoms with Crippen molar-refractivity contribution >= 4 is 76.2 Å². The Labute approximate surface area is 240 Å². The van der Waals surface area contributed by atoms with E-state index in [2.05, 4.69) is 126 Å². The first kappa shape index (κ1) is 22.1. The molecule has 0 amide bonds. The monoisotopic (exact) mass is 534 g/mol. The largest absolute Gasteiger partial charge is 0.456 e. The molecule has 0 aliphatic carbocycles. The molecule has 3 heteroatoms. The molecular weight excluding hydrogens is 512 g/mol. The molecule has 0 fully saturated rings. The molecule has 0 atom stereocenters. The number of hydrogen-bond acceptors (Lipinski definition) is 2. The van der Waals surface area contributed by atoms with Crippen LogP contribution in [0.2, 0.25) is 0 Å². The van der Waals surface area contributed by atoms with Crippen LogP contribution < -0.4 is 0 Å². The van der Waals surface area contributed by atoms with Crippen molar-refractivity contribution < 1.29 is 4.42 Å². The molecule has 3 aromatic heterocycles. The Hall–Kier alpha value is -5.67. The van der Waals surface area contributed by atoms with Gasteiger partial charge in [0, 0.05) is 33.8 Å². The van der Waals surface area contributed by atoms with Crippen molar-refractivity contribution in [3.8, 4) is 16.8 Å². The van der Waals surface area contributed by atoms with E-state index in [9.17, 15) is 0 Å². The van der Waals surface area contributed by atoms with E-state index in [-0.39, 0.29) is 0 Å². The fourth-order valence-corrected chi connectivity index (χ4v) is 7.12. The van der Waals surface area contributed by atoms with Crippen molar-refractivity contribution in [2.45, 2.75) is 0 Å². The van der Waals surface area contributed by atoms with Crippen LogP contribution >= 0.6 is 0 Å². The summed E-state index contributed by atoms with van der Waals surface area (Å²) in [6.07, 6.45) is 1.86. The highest BCUT2D eigenvalue weighted by Gasteiger charge is 2.16. The number of aromatic nitrogens is 2. The molecule has 10 rings (SSSR count). The van der Waals surface area contributed by atoms with Gasteiger partial charge in [-0.05, 0) is 85.9 Å². The normalized spacial score (nSPS) is 12.3. The highest BCUT2D eigenvalue weighted by Crippen LogP contribution is 2.41. The molecule has 194 valence electrons. The number of benzene rings is 7. The van der Waals surface area contributed by atoms with Gasteiger partial charge in [-0.25, -0.2) is 4.98 Å². The second-order valence-electron chi connectivity index (χ2n) is 11.2. The van der Waals surface area contributed by atoms with Crippen LogP contribution in [0.5, 0.6) is 0 Å². The summed E-state index contributed by atoms with van der Waals surface area (Å²) in [6, 6.07) is 45.8. The minimum atomic E-state index is 0.872. The fourth-order valence-electron chi connectivity index (χ4n) is 7.12. The summed E-state index contributed by atoms with van der Waals surface area (Å²) < 4.78 is 8.80. The number of furan rings is 1. The van der Waals surface area contributed by atoms with E-state index >= 15 is 0 Å². The number of para-hydroxylation sites is 1. The second-order valence-corrected chi connectivity index (χ2v) is 11.2. The summed E-state index contributed by atoms with van der Waals surface area (Å²) in [5.41, 5.74) is 7.27. The molecule has 0 spiro atoms. The van der Waals surface area contributed by atoms with E-state index in [0.29, 0.717) is 0 Å². The van der Waals surface area contributed by atoms with Gasteiger partial charge in [0.05, 0.1) is 11.2 Å². The summed E-state index contributed by atoms with van der Waals surface area (Å²) in [5.74, 6) is 0. The third-order valence-corrected chi connectivity index (χ3v) is 8.99. The standard InChI is InChI=1S/C39H22N2O/c1-2-9-34-29(7-1)33-8-4-20-40-39(33)41(34)27-15-19-31-30-17-14-26(21-35(30)42-36(31)22-27)28-16-12-25-11-10-23-5-3-6-24-13-18-32(28)38(25)37(23)24/h1-22H. The van der Waals surface area contributed by atoms with Crippen LogP contribution in [0.4, 0.5) is 0 Å². The molecule has 0 aliphatic rings. The van der Waals surface area contributed by atoms with Crippen LogP contribution in [0.1, 0.15) is 0 Å². The highest BCUT2D eigenvalue weighted by molar-refractivity contribution is 6.25. The first-order valence-electron chi connectivity index (χ1n) is 14.3. The molecule has 0 saturated heterocycles. The minimum Gasteiger partial charge on any atom is -0.456 e. The van der Waals surface area contributed by atoms with E-state index < -0.39 is 0 Å². The quantitative estimate of drug-likeness (QED) is 0.207. The van der Waals surface area contributed by atoms with Gasteiger partial charge < -0.3 is 4.42 Å². The van der Waals surface area contributed by atoms with Crippen molar-refractivity contribution in [1.82, 2.24) is 9.55 Å². The fraction of sp³-hybridized carbons (Fsp3) is 0. The molecule has 0 aliphatic heterocycles. The zero-order valence-electron chi connectivity index (χ0n) is 22.5. The maximum absolute atomic E-state index is 6.57. The van der Waals surface area contributed by atoms with Gasteiger partial charge >= 0.3 is 0 Å². The van der Waals surface area contributed by atoms with Gasteiger partial charge in [-0.3, -0.25) is 4.57 Å². The first-order valence-corrected chi connectivity index (χ1v) is 14.3. The number of hydrogen-bond donors (Lipinski definition) is 0. The van der Waals surface area contributed by atoms with Crippen molar-refractivity contribution in [2.75, 3.05) is 0 Å². The van der Waals surface area contributed by atoms with Crippen molar-refractivity contribution in [2.24, 2.45) is 0 Å². The lowest BCUT2D eigenvalue weighted by molar-refractivity contribution is 0.669. The molecule has 0 radical (unpaired) electrons. The van der Waals surface area contributed by atoms with Crippen LogP contribution in [0.25, 0.3) is 93.0 Å². The van der Waals surface area contributed by atoms with E-state index in [0.717, 1.165) is 49.7 Å². The molecule has 3 nitrogen and oxygen atoms in total. The van der Waals surface area contributed by atoms with Crippen LogP contribution in [0, 0.1) is 0 Å². The van der Waals surface area contributed by atoms with Gasteiger partial charge in [0.2, 0.25) is 0 Å². The van der Waals surface area contributed by atoms with Gasteiger partial charge in [0.25, 0.3) is 0 Å². The maximum Gasteiger partial charge on any atom is 0.145 e. The predicted octanol–water partition coefficient (Wildman–Crippen LogP) is 10.6. The van der Waals surface area contributed by atoms with Gasteiger partial charge in [-0.1, -0.05) is 78.9 Å². The summed E-state index contributed by atoms with van der Waals surface area (Å²) in [6.45, 7) is 0. The van der Waals surface area contributed by atoms with E-state index in [1.165, 1.54) is 43.3 Å². The van der Waals surface area contributed by atoms with Crippen molar-refractivity contribution in [3.05, 3.63) is 134 Å². The minimum absolute atomic E-state index is 0.872. The predicted molar refractivity (Wildman–Crippen MR) is 175 cm³/mol. The highest BCUT2D eigenvalue weighted by atomic mass is 16.3. The number of pyridine rings is 1. The Morgan fingerprint density at radius 1 is 0.500 bits per heavy atom. The van der Waals surface area contributed by atoms with E-state index in [1.54, 1.807) is 0 Å². The van der Waals surface area contributed by atoms with Gasteiger partial charge in [-0.15, -0.1) is 0 Å². The number of fused-ring (bicyclic) bond motifs is 6. The smallest absolute Gasteiger partial charge is 0.145 e. The molecule has 42 heavy (non-hydrogen) atoms. The third-order valence-electron chi connectivity index (χ3n) is 8.99. The van der Waals surface area contributed by atoms with Crippen molar-refractivity contribution in [3.63, 3.8) is 0 Å². The summed E-state index contributed by atoms with van der Waals surface area (Å²) in [5, 5.41) is 12.4. The molecule has 7 aromatic carbocycles. The molecule has 0 saturated carbocycles. The summed E-state index contributed by atoms with van der Waals surface area (Å²) in [4.78, 5) is 4.75. The topological polar surface area (TPSA) is 31.0 Å². The molecular formula is C39H22N2O. The lowest BCUT2D eigenvalue weighted by Crippen LogP contribution is -1.94. The number of rotatable bonds is 2. The third kappa shape index (κ3) is 2.87. The van der Waals surface area contributed by atoms with Gasteiger partial charge in [-0.2, -0.15) is 0 Å². The molecule has 3 heterocycles. The Bertz CT molecular complexity index is 2620. The Kier molecular flexibility index (Phi) is 4.18. The van der Waals surface area contributed by atoms with E-state index in [1.807, 2.05) is 12.3 Å². The zero-order valence-corrected chi connectivity index (χ0v) is 22.5. The average Bonchev–Trinajstić information content (AvgIpc) is 3.58. The SMILES string of the molecule is c1cc2ccc3ccc(-c4ccc5c(c4)oc4cc(-n6c7ccccc7c7cccnc76)ccc45)c4ccc(c1)c2c34. The molecule has 0 bridgehead atoms. The molecule has 10 aromatic rings. The zero-order chi connectivity index (χ0) is 27.4. The molecule has 0 N–H and O–H groups in total. The second kappa shape index (κ2) is 7.96. The van der Waals surface area contributed by atoms with Crippen LogP contribution in [0.3, 0.4) is 0 Å². The Balaban J connectivity index is 1.17. The summed E-state index contributed by atoms with van der Waals surface area (Å²) in [7, 11) is 0. The molecule has 0 unspecified atom stereocenters. The van der Waals surface area contributed by atoms with Gasteiger partial charge in [0.1, 0.15) is 16.8 Å². The Morgan fingerprint density at radius 3 is 2.12 bits per heavy atom. The van der Waals surface area contributed by atoms with Crippen LogP contribution in [0.15, 0.2) is 138 Å². The van der Waals surface area contributed by atoms with E-state index in [4.69, 9.17) is 9.40 Å². The van der Waals surface area contributed by atoms with Crippen LogP contribution in [-0.4, -0.2) is 9.55 Å². The lowest BCUT2D eigenvalue weighted by Gasteiger charge is -2.14. The average molecular weight is 535 g/mol.